The van der Waals surface area contributed by atoms with Gasteiger partial charge in [0.1, 0.15) is 0 Å². The Morgan fingerprint density at radius 2 is 1.93 bits per heavy atom. The molecular formula is C22H32N4O2. The number of urea groups is 1. The molecule has 1 aromatic carbocycles. The SMILES string of the molecule is CCN(CC)C(=O)N[C@H]1C[C@@H]2c3cccc4c3C(C[C@H]2N(C)C1)CN4C(C)=O. The minimum Gasteiger partial charge on any atom is -0.334 e. The standard InChI is InChI=1S/C22H32N4O2/c1-5-25(6-2)22(28)23-16-11-18-17-8-7-9-19-21(17)15(12-26(19)14(3)27)10-20(18)24(4)13-16/h7-9,15-16,18,20H,5-6,10-13H2,1-4H3,(H,23,28)/t15?,16-,18+,20+/m0/s1. The van der Waals surface area contributed by atoms with Gasteiger partial charge in [0.2, 0.25) is 5.91 Å². The molecule has 0 saturated carbocycles. The van der Waals surface area contributed by atoms with E-state index in [1.54, 1.807) is 6.92 Å². The minimum atomic E-state index is 0.0385. The maximum absolute atomic E-state index is 12.6. The molecule has 4 rings (SSSR count). The fourth-order valence-electron chi connectivity index (χ4n) is 5.65. The minimum absolute atomic E-state index is 0.0385. The average Bonchev–Trinajstić information content (AvgIpc) is 3.04. The van der Waals surface area contributed by atoms with Crippen molar-refractivity contribution in [3.63, 3.8) is 0 Å². The van der Waals surface area contributed by atoms with Crippen molar-refractivity contribution in [2.45, 2.75) is 57.5 Å². The van der Waals surface area contributed by atoms with Gasteiger partial charge in [0.05, 0.1) is 0 Å². The van der Waals surface area contributed by atoms with E-state index in [1.807, 2.05) is 23.6 Å². The lowest BCUT2D eigenvalue weighted by Gasteiger charge is -2.47. The summed E-state index contributed by atoms with van der Waals surface area (Å²) in [4.78, 5) is 30.9. The highest BCUT2D eigenvalue weighted by Crippen LogP contribution is 2.51. The van der Waals surface area contributed by atoms with Crippen molar-refractivity contribution in [2.75, 3.05) is 38.1 Å². The van der Waals surface area contributed by atoms with E-state index in [0.29, 0.717) is 17.9 Å². The zero-order valence-corrected chi connectivity index (χ0v) is 17.4. The van der Waals surface area contributed by atoms with Crippen LogP contribution in [0.15, 0.2) is 18.2 Å². The number of likely N-dealkylation sites (N-methyl/N-ethyl adjacent to an activating group) is 1. The second-order valence-corrected chi connectivity index (χ2v) is 8.51. The van der Waals surface area contributed by atoms with Gasteiger partial charge in [0, 0.05) is 62.7 Å². The lowest BCUT2D eigenvalue weighted by atomic mass is 9.70. The summed E-state index contributed by atoms with van der Waals surface area (Å²) >= 11 is 0. The molecule has 0 aromatic heterocycles. The van der Waals surface area contributed by atoms with Crippen molar-refractivity contribution in [2.24, 2.45) is 0 Å². The van der Waals surface area contributed by atoms with E-state index in [1.165, 1.54) is 11.1 Å². The van der Waals surface area contributed by atoms with Crippen LogP contribution in [0.3, 0.4) is 0 Å². The number of benzene rings is 1. The Bertz CT molecular complexity index is 776. The molecule has 1 aromatic rings. The predicted molar refractivity (Wildman–Crippen MR) is 111 cm³/mol. The third-order valence-electron chi connectivity index (χ3n) is 6.98. The zero-order chi connectivity index (χ0) is 20.0. The Morgan fingerprint density at radius 1 is 1.18 bits per heavy atom. The molecule has 4 atom stereocenters. The third kappa shape index (κ3) is 3.08. The van der Waals surface area contributed by atoms with Crippen molar-refractivity contribution in [1.82, 2.24) is 15.1 Å². The Hall–Kier alpha value is -2.08. The van der Waals surface area contributed by atoms with Gasteiger partial charge in [-0.25, -0.2) is 4.79 Å². The van der Waals surface area contributed by atoms with Crippen LogP contribution in [-0.4, -0.2) is 67.0 Å². The van der Waals surface area contributed by atoms with Crippen LogP contribution in [0.2, 0.25) is 0 Å². The Labute approximate surface area is 167 Å². The molecule has 1 unspecified atom stereocenters. The van der Waals surface area contributed by atoms with E-state index in [-0.39, 0.29) is 18.0 Å². The van der Waals surface area contributed by atoms with Gasteiger partial charge in [-0.15, -0.1) is 0 Å². The number of carbonyl (C=O) groups is 2. The van der Waals surface area contributed by atoms with Gasteiger partial charge in [-0.1, -0.05) is 12.1 Å². The van der Waals surface area contributed by atoms with E-state index in [2.05, 4.69) is 35.5 Å². The molecule has 0 spiro atoms. The number of hydrogen-bond donors (Lipinski definition) is 1. The predicted octanol–water partition coefficient (Wildman–Crippen LogP) is 2.75. The monoisotopic (exact) mass is 384 g/mol. The van der Waals surface area contributed by atoms with Crippen LogP contribution in [0.4, 0.5) is 10.5 Å². The summed E-state index contributed by atoms with van der Waals surface area (Å²) < 4.78 is 0. The molecule has 6 nitrogen and oxygen atoms in total. The number of hydrogen-bond acceptors (Lipinski definition) is 3. The fraction of sp³-hybridized carbons (Fsp3) is 0.636. The summed E-state index contributed by atoms with van der Waals surface area (Å²) in [6.45, 7) is 8.84. The molecule has 1 N–H and O–H groups in total. The summed E-state index contributed by atoms with van der Waals surface area (Å²) in [6.07, 6.45) is 2.05. The number of amides is 3. The normalized spacial score (nSPS) is 28.5. The molecule has 28 heavy (non-hydrogen) atoms. The van der Waals surface area contributed by atoms with Crippen LogP contribution in [0.1, 0.15) is 56.6 Å². The Balaban J connectivity index is 1.60. The Morgan fingerprint density at radius 3 is 2.61 bits per heavy atom. The summed E-state index contributed by atoms with van der Waals surface area (Å²) in [6, 6.07) is 7.09. The van der Waals surface area contributed by atoms with E-state index in [0.717, 1.165) is 44.7 Å². The van der Waals surface area contributed by atoms with Crippen molar-refractivity contribution in [3.05, 3.63) is 29.3 Å². The largest absolute Gasteiger partial charge is 0.334 e. The van der Waals surface area contributed by atoms with Crippen LogP contribution in [0.25, 0.3) is 0 Å². The van der Waals surface area contributed by atoms with Gasteiger partial charge in [-0.2, -0.15) is 0 Å². The zero-order valence-electron chi connectivity index (χ0n) is 17.4. The number of carbonyl (C=O) groups excluding carboxylic acids is 2. The van der Waals surface area contributed by atoms with Gasteiger partial charge in [0.25, 0.3) is 0 Å². The maximum atomic E-state index is 12.6. The number of fused-ring (bicyclic) bond motifs is 2. The number of nitrogens with zero attached hydrogens (tertiary/aromatic N) is 3. The van der Waals surface area contributed by atoms with E-state index in [9.17, 15) is 9.59 Å². The van der Waals surface area contributed by atoms with Gasteiger partial charge >= 0.3 is 6.03 Å². The van der Waals surface area contributed by atoms with Crippen LogP contribution < -0.4 is 10.2 Å². The molecule has 2 heterocycles. The fourth-order valence-corrected chi connectivity index (χ4v) is 5.65. The van der Waals surface area contributed by atoms with Crippen molar-refractivity contribution in [3.8, 4) is 0 Å². The smallest absolute Gasteiger partial charge is 0.317 e. The number of likely N-dealkylation sites (tertiary alicyclic amines) is 1. The van der Waals surface area contributed by atoms with Crippen molar-refractivity contribution < 1.29 is 9.59 Å². The summed E-state index contributed by atoms with van der Waals surface area (Å²) in [5.41, 5.74) is 3.87. The van der Waals surface area contributed by atoms with Crippen LogP contribution in [-0.2, 0) is 4.79 Å². The number of nitrogens with one attached hydrogen (secondary N) is 1. The first kappa shape index (κ1) is 19.2. The van der Waals surface area contributed by atoms with Crippen LogP contribution in [0, 0.1) is 0 Å². The van der Waals surface area contributed by atoms with Gasteiger partial charge in [0.15, 0.2) is 0 Å². The lowest BCUT2D eigenvalue weighted by molar-refractivity contribution is -0.116. The maximum Gasteiger partial charge on any atom is 0.317 e. The van der Waals surface area contributed by atoms with Crippen LogP contribution >= 0.6 is 0 Å². The van der Waals surface area contributed by atoms with E-state index in [4.69, 9.17) is 0 Å². The number of rotatable bonds is 3. The van der Waals surface area contributed by atoms with Crippen molar-refractivity contribution in [1.29, 1.82) is 0 Å². The highest BCUT2D eigenvalue weighted by Gasteiger charge is 2.46. The molecular weight excluding hydrogens is 352 g/mol. The molecule has 0 bridgehead atoms. The molecule has 1 fully saturated rings. The Kier molecular flexibility index (Phi) is 5.08. The first-order valence-electron chi connectivity index (χ1n) is 10.6. The van der Waals surface area contributed by atoms with Gasteiger partial charge in [-0.05, 0) is 50.9 Å². The molecule has 1 aliphatic carbocycles. The molecule has 0 radical (unpaired) electrons. The summed E-state index contributed by atoms with van der Waals surface area (Å²) in [7, 11) is 2.18. The van der Waals surface area contributed by atoms with Crippen molar-refractivity contribution >= 4 is 17.6 Å². The second-order valence-electron chi connectivity index (χ2n) is 8.51. The average molecular weight is 385 g/mol. The topological polar surface area (TPSA) is 55.9 Å². The lowest BCUT2D eigenvalue weighted by Crippen LogP contribution is -2.56. The molecule has 1 saturated heterocycles. The summed E-state index contributed by atoms with van der Waals surface area (Å²) in [5, 5.41) is 3.26. The molecule has 3 amide bonds. The second kappa shape index (κ2) is 7.39. The van der Waals surface area contributed by atoms with Crippen LogP contribution in [0.5, 0.6) is 0 Å². The number of piperidine rings is 1. The van der Waals surface area contributed by atoms with Gasteiger partial charge in [-0.3, -0.25) is 4.79 Å². The molecule has 2 aliphatic heterocycles. The first-order valence-corrected chi connectivity index (χ1v) is 10.6. The quantitative estimate of drug-likeness (QED) is 0.872. The number of anilines is 1. The molecule has 3 aliphatic rings. The molecule has 152 valence electrons. The van der Waals surface area contributed by atoms with E-state index >= 15 is 0 Å². The summed E-state index contributed by atoms with van der Waals surface area (Å²) in [5.74, 6) is 0.961. The highest BCUT2D eigenvalue weighted by molar-refractivity contribution is 5.94. The van der Waals surface area contributed by atoms with Gasteiger partial charge < -0.3 is 20.0 Å². The third-order valence-corrected chi connectivity index (χ3v) is 6.98. The first-order chi connectivity index (χ1) is 13.4. The molecule has 6 heteroatoms. The highest BCUT2D eigenvalue weighted by atomic mass is 16.2. The van der Waals surface area contributed by atoms with E-state index < -0.39 is 0 Å².